The summed E-state index contributed by atoms with van der Waals surface area (Å²) in [7, 11) is 0. The number of nitrogens with two attached hydrogens (primary N) is 1. The number of carboxylic acids is 2. The fourth-order valence-electron chi connectivity index (χ4n) is 2.44. The molecule has 0 fully saturated rings. The molecule has 2 aromatic rings. The Morgan fingerprint density at radius 1 is 1.18 bits per heavy atom. The maximum Gasteiger partial charge on any atom is 0.573 e. The van der Waals surface area contributed by atoms with Crippen LogP contribution in [0.4, 0.5) is 24.7 Å². The highest BCUT2D eigenvalue weighted by atomic mass is 19.4. The molecule has 0 saturated carbocycles. The van der Waals surface area contributed by atoms with Crippen molar-refractivity contribution < 1.29 is 42.6 Å². The molecule has 0 amide bonds. The second-order valence-electron chi connectivity index (χ2n) is 5.06. The normalized spacial score (nSPS) is 11.1. The van der Waals surface area contributed by atoms with Crippen molar-refractivity contribution in [1.82, 2.24) is 4.98 Å². The first kappa shape index (κ1) is 20.2. The average Bonchev–Trinajstić information content (AvgIpc) is 2.50. The first-order valence-electron chi connectivity index (χ1n) is 6.91. The summed E-state index contributed by atoms with van der Waals surface area (Å²) >= 11 is 0. The minimum Gasteiger partial charge on any atom is -0.478 e. The van der Waals surface area contributed by atoms with Crippen molar-refractivity contribution in [3.05, 3.63) is 49.8 Å². The Morgan fingerprint density at radius 3 is 2.21 bits per heavy atom. The van der Waals surface area contributed by atoms with Gasteiger partial charge in [0.1, 0.15) is 16.9 Å². The molecule has 28 heavy (non-hydrogen) atoms. The number of nitro groups is 1. The van der Waals surface area contributed by atoms with Crippen LogP contribution >= 0.6 is 0 Å². The molecule has 0 aliphatic heterocycles. The molecule has 0 unspecified atom stereocenters. The van der Waals surface area contributed by atoms with Crippen molar-refractivity contribution in [2.75, 3.05) is 5.73 Å². The number of aromatic carboxylic acids is 2. The molecule has 0 aliphatic rings. The van der Waals surface area contributed by atoms with Crippen molar-refractivity contribution in [3.63, 3.8) is 0 Å². The lowest BCUT2D eigenvalue weighted by molar-refractivity contribution is -0.388. The highest BCUT2D eigenvalue weighted by molar-refractivity contribution is 6.08. The van der Waals surface area contributed by atoms with Crippen LogP contribution in [0.5, 0.6) is 5.75 Å². The monoisotopic (exact) mass is 403 g/mol. The number of alkyl halides is 3. The van der Waals surface area contributed by atoms with E-state index in [1.54, 1.807) is 4.98 Å². The summed E-state index contributed by atoms with van der Waals surface area (Å²) in [6, 6.07) is 2.14. The number of rotatable bonds is 5. The van der Waals surface area contributed by atoms with Gasteiger partial charge in [0.05, 0.1) is 10.5 Å². The number of nitrogen functional groups attached to an aromatic ring is 1. The molecule has 0 bridgehead atoms. The number of pyridine rings is 1. The van der Waals surface area contributed by atoms with E-state index in [0.29, 0.717) is 6.07 Å². The summed E-state index contributed by atoms with van der Waals surface area (Å²) in [5, 5.41) is 29.9. The Hall–Kier alpha value is -4.10. The van der Waals surface area contributed by atoms with Gasteiger partial charge in [0.15, 0.2) is 0 Å². The van der Waals surface area contributed by atoms with Gasteiger partial charge >= 0.3 is 24.0 Å². The molecular weight excluding hydrogens is 395 g/mol. The number of aromatic nitrogens is 1. The topological polar surface area (TPSA) is 186 Å². The predicted octanol–water partition coefficient (Wildman–Crippen LogP) is 1.83. The first-order valence-corrected chi connectivity index (χ1v) is 6.91. The second kappa shape index (κ2) is 6.90. The van der Waals surface area contributed by atoms with Gasteiger partial charge in [0.2, 0.25) is 5.75 Å². The molecule has 11 nitrogen and oxygen atoms in total. The zero-order valence-electron chi connectivity index (χ0n) is 13.2. The number of nitro benzene ring substituents is 1. The number of benzene rings is 1. The number of H-pyrrole nitrogens is 1. The van der Waals surface area contributed by atoms with Crippen LogP contribution in [0.2, 0.25) is 0 Å². The number of ether oxygens (including phenoxy) is 1. The smallest absolute Gasteiger partial charge is 0.478 e. The number of aromatic amines is 1. The molecule has 2 rings (SSSR count). The number of halogens is 3. The fraction of sp³-hybridized carbons (Fsp3) is 0.0714. The number of hydrogen-bond donors (Lipinski definition) is 4. The molecule has 5 N–H and O–H groups in total. The van der Waals surface area contributed by atoms with E-state index < -0.39 is 68.3 Å². The maximum absolute atomic E-state index is 12.6. The van der Waals surface area contributed by atoms with Crippen LogP contribution in [-0.4, -0.2) is 38.4 Å². The third-order valence-corrected chi connectivity index (χ3v) is 3.35. The lowest BCUT2D eigenvalue weighted by Gasteiger charge is -2.15. The van der Waals surface area contributed by atoms with E-state index in [-0.39, 0.29) is 0 Å². The SMILES string of the molecule is Nc1[nH]c(=O)c(C(=O)O)c(-c2cccc(OC(F)(F)F)c2[N+](=O)[O-])c1C(=O)O. The standard InChI is InChI=1S/C14H8F3N3O8/c15-14(16,17)28-5-3-1-2-4(9(5)20(26)27)6-7(12(22)23)10(18)19-11(21)8(6)13(24)25/h1-3H,(H,22,23)(H,24,25)(H3,18,19,21). The summed E-state index contributed by atoms with van der Waals surface area (Å²) in [6.45, 7) is 0. The number of hydrogen-bond acceptors (Lipinski definition) is 7. The van der Waals surface area contributed by atoms with Gasteiger partial charge in [-0.15, -0.1) is 13.2 Å². The maximum atomic E-state index is 12.6. The van der Waals surface area contributed by atoms with Crippen LogP contribution in [0.1, 0.15) is 20.7 Å². The molecule has 1 aromatic heterocycles. The quantitative estimate of drug-likeness (QED) is 0.427. The van der Waals surface area contributed by atoms with Crippen LogP contribution < -0.4 is 16.0 Å². The average molecular weight is 403 g/mol. The largest absolute Gasteiger partial charge is 0.573 e. The number of anilines is 1. The van der Waals surface area contributed by atoms with Crippen LogP contribution in [0.15, 0.2) is 23.0 Å². The Balaban J connectivity index is 3.06. The van der Waals surface area contributed by atoms with Crippen LogP contribution in [0, 0.1) is 10.1 Å². The van der Waals surface area contributed by atoms with Crippen molar-refractivity contribution in [3.8, 4) is 16.9 Å². The Kier molecular flexibility index (Phi) is 4.98. The van der Waals surface area contributed by atoms with Crippen molar-refractivity contribution >= 4 is 23.4 Å². The predicted molar refractivity (Wildman–Crippen MR) is 84.2 cm³/mol. The van der Waals surface area contributed by atoms with Gasteiger partial charge in [-0.2, -0.15) is 0 Å². The molecule has 0 aliphatic carbocycles. The summed E-state index contributed by atoms with van der Waals surface area (Å²) in [4.78, 5) is 46.7. The number of nitrogens with one attached hydrogen (secondary N) is 1. The number of carbonyl (C=O) groups is 2. The van der Waals surface area contributed by atoms with E-state index in [4.69, 9.17) is 5.73 Å². The van der Waals surface area contributed by atoms with Crippen molar-refractivity contribution in [2.24, 2.45) is 0 Å². The molecule has 0 radical (unpaired) electrons. The summed E-state index contributed by atoms with van der Waals surface area (Å²) in [6.07, 6.45) is -5.35. The first-order chi connectivity index (χ1) is 12.8. The van der Waals surface area contributed by atoms with Crippen molar-refractivity contribution in [1.29, 1.82) is 0 Å². The molecule has 1 heterocycles. The number of para-hydroxylation sites is 1. The third-order valence-electron chi connectivity index (χ3n) is 3.35. The van der Waals surface area contributed by atoms with E-state index in [9.17, 15) is 47.9 Å². The minimum atomic E-state index is -5.35. The lowest BCUT2D eigenvalue weighted by Crippen LogP contribution is -2.24. The Labute approximate surface area is 150 Å². The van der Waals surface area contributed by atoms with Crippen LogP contribution in [0.3, 0.4) is 0 Å². The zero-order valence-corrected chi connectivity index (χ0v) is 13.2. The van der Waals surface area contributed by atoms with E-state index in [0.717, 1.165) is 12.1 Å². The second-order valence-corrected chi connectivity index (χ2v) is 5.06. The third kappa shape index (κ3) is 3.69. The zero-order chi connectivity index (χ0) is 21.4. The van der Waals surface area contributed by atoms with E-state index in [1.165, 1.54) is 0 Å². The Morgan fingerprint density at radius 2 is 1.75 bits per heavy atom. The van der Waals surface area contributed by atoms with E-state index in [2.05, 4.69) is 4.74 Å². The highest BCUT2D eigenvalue weighted by Crippen LogP contribution is 2.42. The van der Waals surface area contributed by atoms with Gasteiger partial charge in [-0.05, 0) is 12.1 Å². The van der Waals surface area contributed by atoms with Gasteiger partial charge in [0, 0.05) is 5.56 Å². The number of nitrogens with zero attached hydrogens (tertiary/aromatic N) is 1. The van der Waals surface area contributed by atoms with Crippen LogP contribution in [-0.2, 0) is 0 Å². The molecule has 148 valence electrons. The van der Waals surface area contributed by atoms with E-state index in [1.807, 2.05) is 0 Å². The van der Waals surface area contributed by atoms with Gasteiger partial charge in [-0.1, -0.05) is 6.07 Å². The number of carboxylic acid groups (broad SMARTS) is 2. The molecular formula is C14H8F3N3O8. The van der Waals surface area contributed by atoms with E-state index >= 15 is 0 Å². The van der Waals surface area contributed by atoms with Gasteiger partial charge < -0.3 is 25.7 Å². The molecule has 1 aromatic carbocycles. The molecule has 14 heteroatoms. The van der Waals surface area contributed by atoms with Gasteiger partial charge in [-0.25, -0.2) is 9.59 Å². The van der Waals surface area contributed by atoms with Crippen molar-refractivity contribution in [2.45, 2.75) is 6.36 Å². The van der Waals surface area contributed by atoms with Gasteiger partial charge in [0.25, 0.3) is 5.56 Å². The minimum absolute atomic E-state index is 0.562. The molecule has 0 atom stereocenters. The fourth-order valence-corrected chi connectivity index (χ4v) is 2.44. The lowest BCUT2D eigenvalue weighted by atomic mass is 9.94. The Bertz CT molecular complexity index is 1060. The van der Waals surface area contributed by atoms with Crippen LogP contribution in [0.25, 0.3) is 11.1 Å². The highest BCUT2D eigenvalue weighted by Gasteiger charge is 2.37. The summed E-state index contributed by atoms with van der Waals surface area (Å²) < 4.78 is 41.2. The summed E-state index contributed by atoms with van der Waals surface area (Å²) in [5.41, 5.74) is -1.71. The van der Waals surface area contributed by atoms with Gasteiger partial charge in [-0.3, -0.25) is 14.9 Å². The summed E-state index contributed by atoms with van der Waals surface area (Å²) in [5.74, 6) is -6.08. The molecule has 0 saturated heterocycles. The molecule has 0 spiro atoms.